The third kappa shape index (κ3) is 1.29. The number of anilines is 1. The van der Waals surface area contributed by atoms with Crippen molar-refractivity contribution >= 4 is 11.6 Å². The Morgan fingerprint density at radius 2 is 2.18 bits per heavy atom. The number of carbonyl (C=O) groups excluding carboxylic acids is 1. The fraction of sp³-hybridized carbons (Fsp3) is 0.357. The van der Waals surface area contributed by atoms with Gasteiger partial charge in [-0.3, -0.25) is 4.79 Å². The summed E-state index contributed by atoms with van der Waals surface area (Å²) in [5.74, 6) is 0.0509. The number of benzene rings is 1. The van der Waals surface area contributed by atoms with E-state index in [0.717, 1.165) is 17.7 Å². The Labute approximate surface area is 101 Å². The topological polar surface area (TPSA) is 55.1 Å². The summed E-state index contributed by atoms with van der Waals surface area (Å²) in [6.07, 6.45) is 3.65. The van der Waals surface area contributed by atoms with Gasteiger partial charge in [0.2, 0.25) is 5.91 Å². The van der Waals surface area contributed by atoms with E-state index in [9.17, 15) is 4.79 Å². The summed E-state index contributed by atoms with van der Waals surface area (Å²) in [6, 6.07) is 7.74. The Kier molecular flexibility index (Phi) is 2.13. The number of hydrogen-bond acceptors (Lipinski definition) is 2. The molecule has 3 rings (SSSR count). The van der Waals surface area contributed by atoms with Crippen molar-refractivity contribution < 1.29 is 4.79 Å². The summed E-state index contributed by atoms with van der Waals surface area (Å²) in [4.78, 5) is 12.3. The highest BCUT2D eigenvalue weighted by atomic mass is 16.2. The average molecular weight is 228 g/mol. The smallest absolute Gasteiger partial charge is 0.237 e. The van der Waals surface area contributed by atoms with Gasteiger partial charge < -0.3 is 11.1 Å². The van der Waals surface area contributed by atoms with Crippen LogP contribution in [0, 0.1) is 0 Å². The molecule has 0 aromatic heterocycles. The molecule has 2 unspecified atom stereocenters. The lowest BCUT2D eigenvalue weighted by Gasteiger charge is -2.36. The Hall–Kier alpha value is -1.61. The molecule has 17 heavy (non-hydrogen) atoms. The van der Waals surface area contributed by atoms with E-state index in [4.69, 9.17) is 5.73 Å². The van der Waals surface area contributed by atoms with Crippen LogP contribution in [0.15, 0.2) is 35.9 Å². The van der Waals surface area contributed by atoms with Crippen molar-refractivity contribution in [1.29, 1.82) is 0 Å². The molecule has 1 amide bonds. The summed E-state index contributed by atoms with van der Waals surface area (Å²) < 4.78 is 0. The normalized spacial score (nSPS) is 31.1. The second kappa shape index (κ2) is 3.44. The third-order valence-electron chi connectivity index (χ3n) is 4.01. The van der Waals surface area contributed by atoms with E-state index in [1.165, 1.54) is 5.57 Å². The van der Waals surface area contributed by atoms with Crippen LogP contribution in [0.4, 0.5) is 5.69 Å². The minimum absolute atomic E-state index is 0.0509. The molecule has 3 N–H and O–H groups in total. The molecular formula is C14H16N2O. The van der Waals surface area contributed by atoms with Gasteiger partial charge in [-0.1, -0.05) is 29.8 Å². The zero-order valence-corrected chi connectivity index (χ0v) is 9.86. The Morgan fingerprint density at radius 1 is 1.41 bits per heavy atom. The lowest BCUT2D eigenvalue weighted by molar-refractivity contribution is -0.121. The first kappa shape index (κ1) is 10.5. The highest BCUT2D eigenvalue weighted by Gasteiger charge is 2.51. The summed E-state index contributed by atoms with van der Waals surface area (Å²) in [5.41, 5.74) is 8.98. The molecule has 0 radical (unpaired) electrons. The molecule has 1 heterocycles. The minimum atomic E-state index is -0.546. The number of nitrogens with one attached hydrogen (secondary N) is 1. The van der Waals surface area contributed by atoms with Gasteiger partial charge in [-0.05, 0) is 31.4 Å². The third-order valence-corrected chi connectivity index (χ3v) is 4.01. The molecule has 0 fully saturated rings. The number of rotatable bonds is 0. The van der Waals surface area contributed by atoms with Gasteiger partial charge in [-0.25, -0.2) is 0 Å². The van der Waals surface area contributed by atoms with Crippen LogP contribution >= 0.6 is 0 Å². The molecule has 2 atom stereocenters. The quantitative estimate of drug-likeness (QED) is 0.667. The first-order chi connectivity index (χ1) is 8.14. The van der Waals surface area contributed by atoms with Gasteiger partial charge >= 0.3 is 0 Å². The van der Waals surface area contributed by atoms with Gasteiger partial charge in [0.25, 0.3) is 0 Å². The summed E-state index contributed by atoms with van der Waals surface area (Å²) in [5, 5.41) is 2.95. The van der Waals surface area contributed by atoms with Crippen LogP contribution in [0.3, 0.4) is 0 Å². The molecule has 0 bridgehead atoms. The van der Waals surface area contributed by atoms with Gasteiger partial charge in [0.15, 0.2) is 0 Å². The van der Waals surface area contributed by atoms with Crippen LogP contribution in [0.25, 0.3) is 0 Å². The largest absolute Gasteiger partial charge is 0.326 e. The van der Waals surface area contributed by atoms with Gasteiger partial charge in [-0.15, -0.1) is 0 Å². The molecule has 3 heteroatoms. The molecule has 0 saturated heterocycles. The van der Waals surface area contributed by atoms with Crippen molar-refractivity contribution in [2.24, 2.45) is 5.73 Å². The number of fused-ring (bicyclic) bond motifs is 2. The van der Waals surface area contributed by atoms with Crippen molar-refractivity contribution in [3.05, 3.63) is 41.5 Å². The van der Waals surface area contributed by atoms with Crippen LogP contribution in [0.5, 0.6) is 0 Å². The van der Waals surface area contributed by atoms with E-state index < -0.39 is 5.41 Å². The number of hydrogen-bond donors (Lipinski definition) is 2. The molecule has 2 aliphatic rings. The molecule has 3 nitrogen and oxygen atoms in total. The maximum atomic E-state index is 12.3. The number of carbonyl (C=O) groups is 1. The summed E-state index contributed by atoms with van der Waals surface area (Å²) in [6.45, 7) is 2.07. The van der Waals surface area contributed by atoms with Crippen molar-refractivity contribution in [3.8, 4) is 0 Å². The summed E-state index contributed by atoms with van der Waals surface area (Å²) >= 11 is 0. The van der Waals surface area contributed by atoms with E-state index >= 15 is 0 Å². The first-order valence-electron chi connectivity index (χ1n) is 5.97. The molecular weight excluding hydrogens is 212 g/mol. The fourth-order valence-corrected chi connectivity index (χ4v) is 3.00. The standard InChI is InChI=1S/C14H16N2O/c1-9-6-7-14(12(15)8-9)10-4-2-3-5-11(10)16-13(14)17/h2-6,12H,7-8,15H2,1H3,(H,16,17). The second-order valence-electron chi connectivity index (χ2n) is 5.04. The molecule has 88 valence electrons. The predicted molar refractivity (Wildman–Crippen MR) is 67.7 cm³/mol. The number of amides is 1. The fourth-order valence-electron chi connectivity index (χ4n) is 3.00. The maximum absolute atomic E-state index is 12.3. The van der Waals surface area contributed by atoms with Gasteiger partial charge in [0.05, 0.1) is 5.41 Å². The van der Waals surface area contributed by atoms with Crippen LogP contribution in [0.1, 0.15) is 25.3 Å². The Bertz CT molecular complexity index is 521. The summed E-state index contributed by atoms with van der Waals surface area (Å²) in [7, 11) is 0. The van der Waals surface area contributed by atoms with E-state index in [1.54, 1.807) is 0 Å². The van der Waals surface area contributed by atoms with Crippen molar-refractivity contribution in [3.63, 3.8) is 0 Å². The SMILES string of the molecule is CC1=CCC2(C(=O)Nc3ccccc32)C(N)C1. The van der Waals surface area contributed by atoms with Gasteiger partial charge in [0.1, 0.15) is 0 Å². The van der Waals surface area contributed by atoms with Crippen molar-refractivity contribution in [2.75, 3.05) is 5.32 Å². The molecule has 0 saturated carbocycles. The highest BCUT2D eigenvalue weighted by Crippen LogP contribution is 2.45. The lowest BCUT2D eigenvalue weighted by Crippen LogP contribution is -2.51. The monoisotopic (exact) mass is 228 g/mol. The van der Waals surface area contributed by atoms with Crippen LogP contribution in [0.2, 0.25) is 0 Å². The predicted octanol–water partition coefficient (Wildman–Crippen LogP) is 1.94. The second-order valence-corrected chi connectivity index (χ2v) is 5.04. The zero-order valence-electron chi connectivity index (χ0n) is 9.86. The number of nitrogens with two attached hydrogens (primary N) is 1. The minimum Gasteiger partial charge on any atom is -0.326 e. The molecule has 1 aliphatic heterocycles. The van der Waals surface area contributed by atoms with E-state index in [2.05, 4.69) is 18.3 Å². The molecule has 1 spiro atoms. The molecule has 1 aliphatic carbocycles. The van der Waals surface area contributed by atoms with E-state index in [0.29, 0.717) is 6.42 Å². The average Bonchev–Trinajstić information content (AvgIpc) is 2.58. The lowest BCUT2D eigenvalue weighted by atomic mass is 9.68. The van der Waals surface area contributed by atoms with Crippen molar-refractivity contribution in [2.45, 2.75) is 31.2 Å². The Morgan fingerprint density at radius 3 is 2.94 bits per heavy atom. The van der Waals surface area contributed by atoms with E-state index in [1.807, 2.05) is 24.3 Å². The number of para-hydroxylation sites is 1. The van der Waals surface area contributed by atoms with Crippen molar-refractivity contribution in [1.82, 2.24) is 0 Å². The zero-order chi connectivity index (χ0) is 12.0. The maximum Gasteiger partial charge on any atom is 0.237 e. The Balaban J connectivity index is 2.17. The van der Waals surface area contributed by atoms with Crippen LogP contribution in [-0.2, 0) is 10.2 Å². The first-order valence-corrected chi connectivity index (χ1v) is 5.97. The van der Waals surface area contributed by atoms with Gasteiger partial charge in [0, 0.05) is 11.7 Å². The molecule has 1 aromatic carbocycles. The van der Waals surface area contributed by atoms with E-state index in [-0.39, 0.29) is 11.9 Å². The van der Waals surface area contributed by atoms with Crippen LogP contribution < -0.4 is 11.1 Å². The van der Waals surface area contributed by atoms with Crippen LogP contribution in [-0.4, -0.2) is 11.9 Å². The highest BCUT2D eigenvalue weighted by molar-refractivity contribution is 6.07. The van der Waals surface area contributed by atoms with Gasteiger partial charge in [-0.2, -0.15) is 0 Å². The number of allylic oxidation sites excluding steroid dienone is 1. The molecule has 1 aromatic rings.